The van der Waals surface area contributed by atoms with Gasteiger partial charge < -0.3 is 10.2 Å². The van der Waals surface area contributed by atoms with E-state index in [0.717, 1.165) is 11.1 Å². The van der Waals surface area contributed by atoms with Crippen LogP contribution in [-0.4, -0.2) is 0 Å². The second-order valence-corrected chi connectivity index (χ2v) is 4.89. The van der Waals surface area contributed by atoms with E-state index in [1.165, 1.54) is 6.07 Å². The predicted molar refractivity (Wildman–Crippen MR) is 84.1 cm³/mol. The fourth-order valence-electron chi connectivity index (χ4n) is 2.53. The molecule has 2 N–H and O–H groups in total. The third-order valence-electron chi connectivity index (χ3n) is 3.50. The summed E-state index contributed by atoms with van der Waals surface area (Å²) in [6.45, 7) is 1.97. The van der Waals surface area contributed by atoms with Crippen LogP contribution in [0.25, 0.3) is 22.7 Å². The molecule has 3 aromatic rings. The highest BCUT2D eigenvalue weighted by atomic mass is 19.1. The zero-order valence-corrected chi connectivity index (χ0v) is 11.8. The minimum Gasteiger partial charge on any atom is -0.454 e. The number of fused-ring (bicyclic) bond motifs is 1. The number of furan rings is 1. The Morgan fingerprint density at radius 2 is 1.90 bits per heavy atom. The second-order valence-electron chi connectivity index (χ2n) is 4.89. The van der Waals surface area contributed by atoms with E-state index in [9.17, 15) is 4.39 Å². The molecule has 1 heterocycles. The van der Waals surface area contributed by atoms with Crippen molar-refractivity contribution in [2.45, 2.75) is 13.3 Å². The zero-order valence-electron chi connectivity index (χ0n) is 11.8. The van der Waals surface area contributed by atoms with Crippen LogP contribution in [0.15, 0.2) is 52.9 Å². The molecule has 3 heteroatoms. The predicted octanol–water partition coefficient (Wildman–Crippen LogP) is 4.59. The topological polar surface area (TPSA) is 39.2 Å². The van der Waals surface area contributed by atoms with Gasteiger partial charge in [-0.05, 0) is 30.2 Å². The van der Waals surface area contributed by atoms with Gasteiger partial charge in [0.2, 0.25) is 0 Å². The second kappa shape index (κ2) is 5.44. The Balaban J connectivity index is 2.16. The lowest BCUT2D eigenvalue weighted by Gasteiger charge is -2.01. The Morgan fingerprint density at radius 1 is 1.14 bits per heavy atom. The van der Waals surface area contributed by atoms with E-state index < -0.39 is 0 Å². The van der Waals surface area contributed by atoms with Crippen molar-refractivity contribution < 1.29 is 8.81 Å². The first-order chi connectivity index (χ1) is 10.2. The molecule has 0 amide bonds. The lowest BCUT2D eigenvalue weighted by atomic mass is 10.1. The lowest BCUT2D eigenvalue weighted by molar-refractivity contribution is 0.592. The summed E-state index contributed by atoms with van der Waals surface area (Å²) in [5.41, 5.74) is 9.00. The number of rotatable bonds is 3. The largest absolute Gasteiger partial charge is 0.454 e. The standard InChI is InChI=1S/C18H16FNO/c1-2-13-17-14(19)9-6-10-16(17)21-18(13)15(20)11-12-7-4-3-5-8-12/h3-11H,2,20H2,1H3. The first kappa shape index (κ1) is 13.4. The van der Waals surface area contributed by atoms with Crippen molar-refractivity contribution in [1.82, 2.24) is 0 Å². The van der Waals surface area contributed by atoms with Crippen molar-refractivity contribution in [3.8, 4) is 0 Å². The molecule has 0 bridgehead atoms. The van der Waals surface area contributed by atoms with Crippen molar-refractivity contribution in [3.05, 3.63) is 71.2 Å². The minimum absolute atomic E-state index is 0.271. The van der Waals surface area contributed by atoms with Gasteiger partial charge in [-0.1, -0.05) is 43.3 Å². The molecule has 2 nitrogen and oxygen atoms in total. The number of nitrogens with two attached hydrogens (primary N) is 1. The summed E-state index contributed by atoms with van der Waals surface area (Å²) in [5, 5.41) is 0.527. The highest BCUT2D eigenvalue weighted by molar-refractivity contribution is 5.89. The average molecular weight is 281 g/mol. The van der Waals surface area contributed by atoms with Crippen molar-refractivity contribution in [3.63, 3.8) is 0 Å². The number of hydrogen-bond acceptors (Lipinski definition) is 2. The van der Waals surface area contributed by atoms with Gasteiger partial charge >= 0.3 is 0 Å². The van der Waals surface area contributed by atoms with Crippen LogP contribution < -0.4 is 5.73 Å². The molecule has 0 aliphatic heterocycles. The Labute approximate surface area is 122 Å². The maximum atomic E-state index is 14.0. The van der Waals surface area contributed by atoms with Gasteiger partial charge in [0.15, 0.2) is 5.76 Å². The van der Waals surface area contributed by atoms with Crippen LogP contribution in [0.5, 0.6) is 0 Å². The van der Waals surface area contributed by atoms with Crippen molar-refractivity contribution >= 4 is 22.7 Å². The zero-order chi connectivity index (χ0) is 14.8. The molecular weight excluding hydrogens is 265 g/mol. The molecule has 0 aliphatic rings. The molecule has 0 saturated heterocycles. The summed E-state index contributed by atoms with van der Waals surface area (Å²) in [5.74, 6) is 0.285. The summed E-state index contributed by atoms with van der Waals surface area (Å²) in [6, 6.07) is 14.6. The van der Waals surface area contributed by atoms with Crippen molar-refractivity contribution in [1.29, 1.82) is 0 Å². The molecule has 2 aromatic carbocycles. The molecule has 1 aromatic heterocycles. The number of hydrogen-bond donors (Lipinski definition) is 1. The van der Waals surface area contributed by atoms with E-state index in [1.54, 1.807) is 12.1 Å². The first-order valence-electron chi connectivity index (χ1n) is 6.93. The molecule has 0 saturated carbocycles. The van der Waals surface area contributed by atoms with Gasteiger partial charge in [0.05, 0.1) is 11.1 Å². The number of benzene rings is 2. The van der Waals surface area contributed by atoms with Crippen LogP contribution in [-0.2, 0) is 6.42 Å². The summed E-state index contributed by atoms with van der Waals surface area (Å²) >= 11 is 0. The van der Waals surface area contributed by atoms with E-state index >= 15 is 0 Å². The van der Waals surface area contributed by atoms with Crippen LogP contribution in [0.4, 0.5) is 4.39 Å². The van der Waals surface area contributed by atoms with Gasteiger partial charge in [-0.15, -0.1) is 0 Å². The summed E-state index contributed by atoms with van der Waals surface area (Å²) in [7, 11) is 0. The van der Waals surface area contributed by atoms with E-state index in [0.29, 0.717) is 28.8 Å². The van der Waals surface area contributed by atoms with Gasteiger partial charge in [0, 0.05) is 5.56 Å². The molecule has 0 aliphatic carbocycles. The molecule has 106 valence electrons. The van der Waals surface area contributed by atoms with E-state index in [1.807, 2.05) is 43.3 Å². The molecule has 0 radical (unpaired) electrons. The third-order valence-corrected chi connectivity index (χ3v) is 3.50. The van der Waals surface area contributed by atoms with Crippen molar-refractivity contribution in [2.24, 2.45) is 5.73 Å². The first-order valence-corrected chi connectivity index (χ1v) is 6.93. The van der Waals surface area contributed by atoms with Gasteiger partial charge in [-0.3, -0.25) is 0 Å². The van der Waals surface area contributed by atoms with Crippen molar-refractivity contribution in [2.75, 3.05) is 0 Å². The van der Waals surface area contributed by atoms with Gasteiger partial charge in [-0.2, -0.15) is 0 Å². The molecule has 3 rings (SSSR count). The number of halogens is 1. The maximum Gasteiger partial charge on any atom is 0.154 e. The summed E-state index contributed by atoms with van der Waals surface area (Å²) < 4.78 is 19.8. The molecule has 0 unspecified atom stereocenters. The van der Waals surface area contributed by atoms with Crippen LogP contribution >= 0.6 is 0 Å². The normalized spacial score (nSPS) is 12.0. The average Bonchev–Trinajstić information content (AvgIpc) is 2.88. The molecular formula is C18H16FNO. The van der Waals surface area contributed by atoms with Gasteiger partial charge in [-0.25, -0.2) is 4.39 Å². The van der Waals surface area contributed by atoms with Crippen LogP contribution in [0.1, 0.15) is 23.8 Å². The molecule has 21 heavy (non-hydrogen) atoms. The summed E-state index contributed by atoms with van der Waals surface area (Å²) in [4.78, 5) is 0. The van der Waals surface area contributed by atoms with E-state index in [4.69, 9.17) is 10.2 Å². The Bertz CT molecular complexity index is 803. The Kier molecular flexibility index (Phi) is 3.48. The Morgan fingerprint density at radius 3 is 2.62 bits per heavy atom. The highest BCUT2D eigenvalue weighted by Gasteiger charge is 2.17. The molecule has 0 spiro atoms. The fraction of sp³-hybridized carbons (Fsp3) is 0.111. The maximum absolute atomic E-state index is 14.0. The smallest absolute Gasteiger partial charge is 0.154 e. The van der Waals surface area contributed by atoms with Crippen LogP contribution in [0, 0.1) is 5.82 Å². The lowest BCUT2D eigenvalue weighted by Crippen LogP contribution is -1.98. The summed E-state index contributed by atoms with van der Waals surface area (Å²) in [6.07, 6.45) is 2.50. The van der Waals surface area contributed by atoms with Crippen LogP contribution in [0.3, 0.4) is 0 Å². The highest BCUT2D eigenvalue weighted by Crippen LogP contribution is 2.31. The Hall–Kier alpha value is -2.55. The quantitative estimate of drug-likeness (QED) is 0.762. The molecule has 0 fully saturated rings. The number of aryl methyl sites for hydroxylation is 1. The molecule has 0 atom stereocenters. The van der Waals surface area contributed by atoms with E-state index in [2.05, 4.69) is 0 Å². The van der Waals surface area contributed by atoms with E-state index in [-0.39, 0.29) is 5.82 Å². The van der Waals surface area contributed by atoms with Gasteiger partial charge in [0.1, 0.15) is 11.4 Å². The van der Waals surface area contributed by atoms with Crippen LogP contribution in [0.2, 0.25) is 0 Å². The monoisotopic (exact) mass is 281 g/mol. The third kappa shape index (κ3) is 2.42. The minimum atomic E-state index is -0.271. The van der Waals surface area contributed by atoms with Gasteiger partial charge in [0.25, 0.3) is 0 Å². The SMILES string of the molecule is CCc1c(C(N)=Cc2ccccc2)oc2cccc(F)c12. The fourth-order valence-corrected chi connectivity index (χ4v) is 2.53.